The van der Waals surface area contributed by atoms with E-state index in [4.69, 9.17) is 0 Å². The van der Waals surface area contributed by atoms with Gasteiger partial charge in [-0.2, -0.15) is 13.2 Å². The average Bonchev–Trinajstić information content (AvgIpc) is 2.80. The Labute approximate surface area is 114 Å². The molecule has 1 aliphatic carbocycles. The van der Waals surface area contributed by atoms with E-state index in [0.717, 1.165) is 4.88 Å². The van der Waals surface area contributed by atoms with Crippen molar-refractivity contribution in [1.82, 2.24) is 5.32 Å². The van der Waals surface area contributed by atoms with Crippen molar-refractivity contribution in [3.63, 3.8) is 0 Å². The van der Waals surface area contributed by atoms with Gasteiger partial charge in [0.2, 0.25) is 5.91 Å². The topological polar surface area (TPSA) is 29.1 Å². The van der Waals surface area contributed by atoms with E-state index in [2.05, 4.69) is 5.32 Å². The molecule has 1 aromatic rings. The maximum atomic E-state index is 12.6. The fourth-order valence-corrected chi connectivity index (χ4v) is 3.17. The van der Waals surface area contributed by atoms with Crippen molar-refractivity contribution in [3.8, 4) is 0 Å². The Bertz CT molecular complexity index is 416. The fraction of sp³-hybridized carbons (Fsp3) is 0.615. The average molecular weight is 291 g/mol. The molecule has 1 saturated carbocycles. The number of hydrogen-bond acceptors (Lipinski definition) is 2. The van der Waals surface area contributed by atoms with Crippen molar-refractivity contribution in [2.75, 3.05) is 0 Å². The van der Waals surface area contributed by atoms with Crippen molar-refractivity contribution in [3.05, 3.63) is 22.4 Å². The second kappa shape index (κ2) is 5.94. The lowest BCUT2D eigenvalue weighted by Crippen LogP contribution is -2.42. The maximum Gasteiger partial charge on any atom is 0.391 e. The van der Waals surface area contributed by atoms with Gasteiger partial charge >= 0.3 is 6.18 Å². The Morgan fingerprint density at radius 3 is 2.84 bits per heavy atom. The zero-order valence-corrected chi connectivity index (χ0v) is 11.2. The molecule has 1 aliphatic rings. The van der Waals surface area contributed by atoms with Crippen LogP contribution in [0.25, 0.3) is 0 Å². The molecule has 2 atom stereocenters. The Hall–Kier alpha value is -1.04. The standard InChI is InChI=1S/C13H16F3NOS/c14-13(15,16)9-3-1-4-10(7-9)17-12(18)8-11-5-2-6-19-11/h2,5-6,9-10H,1,3-4,7-8H2,(H,17,18)/t9-,10+/m1/s1. The summed E-state index contributed by atoms with van der Waals surface area (Å²) in [6.45, 7) is 0. The van der Waals surface area contributed by atoms with Crippen LogP contribution in [0.5, 0.6) is 0 Å². The van der Waals surface area contributed by atoms with Gasteiger partial charge in [0, 0.05) is 10.9 Å². The number of thiophene rings is 1. The maximum absolute atomic E-state index is 12.6. The smallest absolute Gasteiger partial charge is 0.353 e. The molecule has 0 saturated heterocycles. The molecule has 2 rings (SSSR count). The number of alkyl halides is 3. The number of rotatable bonds is 3. The van der Waals surface area contributed by atoms with Crippen LogP contribution in [0, 0.1) is 5.92 Å². The van der Waals surface area contributed by atoms with E-state index in [9.17, 15) is 18.0 Å². The Balaban J connectivity index is 1.83. The predicted molar refractivity (Wildman–Crippen MR) is 68.0 cm³/mol. The minimum atomic E-state index is -4.14. The van der Waals surface area contributed by atoms with Gasteiger partial charge in [0.05, 0.1) is 12.3 Å². The Morgan fingerprint density at radius 2 is 2.21 bits per heavy atom. The van der Waals surface area contributed by atoms with E-state index < -0.39 is 12.1 Å². The van der Waals surface area contributed by atoms with Crippen LogP contribution >= 0.6 is 11.3 Å². The van der Waals surface area contributed by atoms with Gasteiger partial charge in [-0.05, 0) is 30.7 Å². The molecule has 6 heteroatoms. The molecule has 2 nitrogen and oxygen atoms in total. The molecule has 0 spiro atoms. The zero-order valence-electron chi connectivity index (χ0n) is 10.4. The summed E-state index contributed by atoms with van der Waals surface area (Å²) in [5, 5.41) is 4.60. The van der Waals surface area contributed by atoms with Crippen molar-refractivity contribution >= 4 is 17.2 Å². The Kier molecular flexibility index (Phi) is 4.50. The van der Waals surface area contributed by atoms with E-state index in [1.807, 2.05) is 17.5 Å². The summed E-state index contributed by atoms with van der Waals surface area (Å²) in [5.74, 6) is -1.46. The van der Waals surface area contributed by atoms with E-state index >= 15 is 0 Å². The monoisotopic (exact) mass is 291 g/mol. The van der Waals surface area contributed by atoms with Gasteiger partial charge < -0.3 is 5.32 Å². The SMILES string of the molecule is O=C(Cc1cccs1)N[C@H]1CCC[C@@H](C(F)(F)F)C1. The highest BCUT2D eigenvalue weighted by atomic mass is 32.1. The van der Waals surface area contributed by atoms with E-state index in [1.165, 1.54) is 11.3 Å². The van der Waals surface area contributed by atoms with Crippen LogP contribution in [0.1, 0.15) is 30.6 Å². The van der Waals surface area contributed by atoms with Crippen molar-refractivity contribution in [2.24, 2.45) is 5.92 Å². The van der Waals surface area contributed by atoms with E-state index in [0.29, 0.717) is 12.8 Å². The first-order chi connectivity index (χ1) is 8.95. The van der Waals surface area contributed by atoms with Crippen molar-refractivity contribution in [1.29, 1.82) is 0 Å². The van der Waals surface area contributed by atoms with Gasteiger partial charge in [-0.1, -0.05) is 12.5 Å². The van der Waals surface area contributed by atoms with Crippen LogP contribution < -0.4 is 5.32 Å². The summed E-state index contributed by atoms with van der Waals surface area (Å²) in [6.07, 6.45) is -2.53. The van der Waals surface area contributed by atoms with Crippen molar-refractivity contribution < 1.29 is 18.0 Å². The highest BCUT2D eigenvalue weighted by Gasteiger charge is 2.42. The van der Waals surface area contributed by atoms with Crippen LogP contribution in [0.4, 0.5) is 13.2 Å². The number of carbonyl (C=O) groups is 1. The van der Waals surface area contributed by atoms with Gasteiger partial charge in [0.1, 0.15) is 0 Å². The third-order valence-electron chi connectivity index (χ3n) is 3.42. The predicted octanol–water partition coefficient (Wildman–Crippen LogP) is 3.53. The van der Waals surface area contributed by atoms with Gasteiger partial charge in [-0.3, -0.25) is 4.79 Å². The second-order valence-electron chi connectivity index (χ2n) is 4.93. The minimum absolute atomic E-state index is 0.0136. The summed E-state index contributed by atoms with van der Waals surface area (Å²) in [4.78, 5) is 12.7. The highest BCUT2D eigenvalue weighted by Crippen LogP contribution is 2.37. The first kappa shape index (κ1) is 14.4. The summed E-state index contributed by atoms with van der Waals surface area (Å²) in [5.41, 5.74) is 0. The molecule has 1 fully saturated rings. The quantitative estimate of drug-likeness (QED) is 0.907. The first-order valence-corrected chi connectivity index (χ1v) is 7.21. The number of hydrogen-bond donors (Lipinski definition) is 1. The summed E-state index contributed by atoms with van der Waals surface area (Å²) in [6, 6.07) is 3.37. The lowest BCUT2D eigenvalue weighted by molar-refractivity contribution is -0.184. The van der Waals surface area contributed by atoms with Crippen LogP contribution in [0.15, 0.2) is 17.5 Å². The molecule has 19 heavy (non-hydrogen) atoms. The van der Waals surface area contributed by atoms with Gasteiger partial charge in [-0.15, -0.1) is 11.3 Å². The molecule has 0 bridgehead atoms. The van der Waals surface area contributed by atoms with Crippen molar-refractivity contribution in [2.45, 2.75) is 44.3 Å². The molecule has 1 amide bonds. The molecule has 1 N–H and O–H groups in total. The van der Waals surface area contributed by atoms with Crippen LogP contribution in [0.2, 0.25) is 0 Å². The Morgan fingerprint density at radius 1 is 1.42 bits per heavy atom. The molecule has 0 unspecified atom stereocenters. The summed E-state index contributed by atoms with van der Waals surface area (Å²) < 4.78 is 37.9. The minimum Gasteiger partial charge on any atom is -0.353 e. The molecular formula is C13H16F3NOS. The van der Waals surface area contributed by atoms with Gasteiger partial charge in [-0.25, -0.2) is 0 Å². The van der Waals surface area contributed by atoms with E-state index in [1.54, 1.807) is 0 Å². The lowest BCUT2D eigenvalue weighted by atomic mass is 9.85. The van der Waals surface area contributed by atoms with Gasteiger partial charge in [0.15, 0.2) is 0 Å². The molecule has 0 aliphatic heterocycles. The molecule has 0 radical (unpaired) electrons. The molecule has 106 valence electrons. The molecule has 0 aromatic carbocycles. The number of nitrogens with one attached hydrogen (secondary N) is 1. The van der Waals surface area contributed by atoms with Crippen LogP contribution in [0.3, 0.4) is 0 Å². The number of halogens is 3. The molecule has 1 heterocycles. The van der Waals surface area contributed by atoms with E-state index in [-0.39, 0.29) is 31.2 Å². The lowest BCUT2D eigenvalue weighted by Gasteiger charge is -2.31. The number of amides is 1. The second-order valence-corrected chi connectivity index (χ2v) is 5.96. The first-order valence-electron chi connectivity index (χ1n) is 6.33. The summed E-state index contributed by atoms with van der Waals surface area (Å²) in [7, 11) is 0. The zero-order chi connectivity index (χ0) is 13.9. The normalized spacial score (nSPS) is 24.2. The van der Waals surface area contributed by atoms with Crippen LogP contribution in [-0.4, -0.2) is 18.1 Å². The third-order valence-corrected chi connectivity index (χ3v) is 4.29. The summed E-state index contributed by atoms with van der Waals surface area (Å²) >= 11 is 1.48. The van der Waals surface area contributed by atoms with Crippen LogP contribution in [-0.2, 0) is 11.2 Å². The molecule has 1 aromatic heterocycles. The number of carbonyl (C=O) groups excluding carboxylic acids is 1. The fourth-order valence-electron chi connectivity index (χ4n) is 2.47. The largest absolute Gasteiger partial charge is 0.391 e. The third kappa shape index (κ3) is 4.23. The molecular weight excluding hydrogens is 275 g/mol. The highest BCUT2D eigenvalue weighted by molar-refractivity contribution is 7.10. The van der Waals surface area contributed by atoms with Gasteiger partial charge in [0.25, 0.3) is 0 Å².